The van der Waals surface area contributed by atoms with Gasteiger partial charge in [-0.2, -0.15) is 0 Å². The Morgan fingerprint density at radius 3 is 2.37 bits per heavy atom. The zero-order chi connectivity index (χ0) is 21.7. The van der Waals surface area contributed by atoms with Crippen molar-refractivity contribution in [2.45, 2.75) is 25.0 Å². The molecule has 8 heteroatoms. The lowest BCUT2D eigenvalue weighted by atomic mass is 10.2. The van der Waals surface area contributed by atoms with Crippen molar-refractivity contribution < 1.29 is 4.79 Å². The Balaban J connectivity index is 1.87. The second-order valence-electron chi connectivity index (χ2n) is 7.05. The van der Waals surface area contributed by atoms with Gasteiger partial charge < -0.3 is 4.90 Å². The highest BCUT2D eigenvalue weighted by Gasteiger charge is 2.22. The number of para-hydroxylation sites is 1. The third kappa shape index (κ3) is 5.03. The van der Waals surface area contributed by atoms with E-state index in [9.17, 15) is 4.79 Å². The number of carbonyl (C=O) groups is 1. The first-order valence-corrected chi connectivity index (χ1v) is 11.1. The van der Waals surface area contributed by atoms with Crippen LogP contribution in [0.25, 0.3) is 5.69 Å². The second kappa shape index (κ2) is 10.1. The van der Waals surface area contributed by atoms with Crippen LogP contribution in [-0.2, 0) is 4.79 Å². The number of halogens is 1. The number of benzene rings is 2. The summed E-state index contributed by atoms with van der Waals surface area (Å²) in [5.74, 6) is 1.11. The molecule has 0 aliphatic heterocycles. The van der Waals surface area contributed by atoms with Crippen molar-refractivity contribution in [3.8, 4) is 5.69 Å². The maximum atomic E-state index is 12.9. The van der Waals surface area contributed by atoms with E-state index in [1.807, 2.05) is 80.2 Å². The van der Waals surface area contributed by atoms with E-state index in [0.29, 0.717) is 16.7 Å². The molecule has 0 spiro atoms. The molecule has 0 saturated heterocycles. The van der Waals surface area contributed by atoms with Crippen LogP contribution in [0.2, 0.25) is 5.02 Å². The van der Waals surface area contributed by atoms with Gasteiger partial charge in [0.2, 0.25) is 5.91 Å². The van der Waals surface area contributed by atoms with Crippen LogP contribution in [0.5, 0.6) is 0 Å². The molecule has 1 amide bonds. The quantitative estimate of drug-likeness (QED) is 0.473. The van der Waals surface area contributed by atoms with E-state index < -0.39 is 0 Å². The van der Waals surface area contributed by atoms with Crippen LogP contribution in [0, 0.1) is 0 Å². The second-order valence-corrected chi connectivity index (χ2v) is 8.43. The highest BCUT2D eigenvalue weighted by molar-refractivity contribution is 7.99. The molecule has 0 bridgehead atoms. The summed E-state index contributed by atoms with van der Waals surface area (Å²) in [5, 5.41) is 10.2. The molecule has 158 valence electrons. The van der Waals surface area contributed by atoms with Gasteiger partial charge in [-0.25, -0.2) is 0 Å². The van der Waals surface area contributed by atoms with E-state index >= 15 is 0 Å². The van der Waals surface area contributed by atoms with Gasteiger partial charge in [-0.3, -0.25) is 14.3 Å². The van der Waals surface area contributed by atoms with E-state index in [4.69, 9.17) is 11.6 Å². The molecule has 0 aliphatic carbocycles. The molecule has 30 heavy (non-hydrogen) atoms. The molecule has 0 N–H and O–H groups in total. The summed E-state index contributed by atoms with van der Waals surface area (Å²) in [6.45, 7) is 4.66. The Labute approximate surface area is 186 Å². The summed E-state index contributed by atoms with van der Waals surface area (Å²) in [4.78, 5) is 16.8. The van der Waals surface area contributed by atoms with Crippen LogP contribution < -0.4 is 4.90 Å². The van der Waals surface area contributed by atoms with Crippen molar-refractivity contribution in [1.29, 1.82) is 0 Å². The maximum absolute atomic E-state index is 12.9. The van der Waals surface area contributed by atoms with Crippen molar-refractivity contribution in [2.24, 2.45) is 0 Å². The molecular weight excluding hydrogens is 418 g/mol. The number of amides is 1. The van der Waals surface area contributed by atoms with Gasteiger partial charge in [0.25, 0.3) is 0 Å². The van der Waals surface area contributed by atoms with Crippen LogP contribution in [0.1, 0.15) is 25.7 Å². The number of anilines is 1. The molecule has 0 aliphatic rings. The number of nitrogens with zero attached hydrogens (tertiary/aromatic N) is 5. The van der Waals surface area contributed by atoms with Gasteiger partial charge in [-0.1, -0.05) is 41.6 Å². The molecule has 2 aromatic carbocycles. The molecule has 0 radical (unpaired) electrons. The topological polar surface area (TPSA) is 54.3 Å². The van der Waals surface area contributed by atoms with Gasteiger partial charge in [0.1, 0.15) is 0 Å². The molecule has 6 nitrogen and oxygen atoms in total. The first-order valence-electron chi connectivity index (χ1n) is 9.78. The first-order chi connectivity index (χ1) is 14.4. The highest BCUT2D eigenvalue weighted by Crippen LogP contribution is 2.28. The molecule has 3 aromatic rings. The average Bonchev–Trinajstić information content (AvgIpc) is 3.17. The van der Waals surface area contributed by atoms with Gasteiger partial charge in [-0.05, 0) is 64.3 Å². The fourth-order valence-electron chi connectivity index (χ4n) is 3.02. The molecule has 0 saturated carbocycles. The summed E-state index contributed by atoms with van der Waals surface area (Å²) >= 11 is 7.46. The lowest BCUT2D eigenvalue weighted by Gasteiger charge is -2.22. The first kappa shape index (κ1) is 22.3. The Morgan fingerprint density at radius 2 is 1.77 bits per heavy atom. The van der Waals surface area contributed by atoms with Gasteiger partial charge in [0.15, 0.2) is 11.0 Å². The van der Waals surface area contributed by atoms with E-state index in [2.05, 4.69) is 22.0 Å². The number of carbonyl (C=O) groups excluding carboxylic acids is 1. The largest absolute Gasteiger partial charge is 0.312 e. The van der Waals surface area contributed by atoms with Crippen molar-refractivity contribution in [1.82, 2.24) is 19.7 Å². The minimum Gasteiger partial charge on any atom is -0.312 e. The summed E-state index contributed by atoms with van der Waals surface area (Å²) in [6.07, 6.45) is 0. The fourth-order valence-corrected chi connectivity index (χ4v) is 3.99. The molecular formula is C22H26ClN5OS. The molecule has 1 atom stereocenters. The number of rotatable bonds is 8. The van der Waals surface area contributed by atoms with E-state index in [1.165, 1.54) is 11.8 Å². The third-order valence-electron chi connectivity index (χ3n) is 4.90. The number of aromatic nitrogens is 3. The zero-order valence-electron chi connectivity index (χ0n) is 17.6. The average molecular weight is 444 g/mol. The Bertz CT molecular complexity index is 975. The third-order valence-corrected chi connectivity index (χ3v) is 6.07. The monoisotopic (exact) mass is 443 g/mol. The number of hydrogen-bond acceptors (Lipinski definition) is 5. The van der Waals surface area contributed by atoms with Crippen molar-refractivity contribution >= 4 is 35.0 Å². The normalized spacial score (nSPS) is 12.2. The van der Waals surface area contributed by atoms with Gasteiger partial charge in [0, 0.05) is 22.9 Å². The van der Waals surface area contributed by atoms with Crippen molar-refractivity contribution in [2.75, 3.05) is 31.3 Å². The van der Waals surface area contributed by atoms with E-state index in [1.54, 1.807) is 4.90 Å². The zero-order valence-corrected chi connectivity index (χ0v) is 19.2. The van der Waals surface area contributed by atoms with Crippen LogP contribution in [0.15, 0.2) is 59.8 Å². The molecule has 3 rings (SSSR count). The SMILES string of the molecule is CCN(C(=O)CSc1nnc([C@H](C)N(C)C)n1-c1ccc(Cl)cc1)c1ccccc1. The fraction of sp³-hybridized carbons (Fsp3) is 0.318. The summed E-state index contributed by atoms with van der Waals surface area (Å²) < 4.78 is 2.00. The highest BCUT2D eigenvalue weighted by atomic mass is 35.5. The summed E-state index contributed by atoms with van der Waals surface area (Å²) in [6, 6.07) is 17.3. The van der Waals surface area contributed by atoms with E-state index in [0.717, 1.165) is 17.2 Å². The number of hydrogen-bond donors (Lipinski definition) is 0. The minimum absolute atomic E-state index is 0.0292. The van der Waals surface area contributed by atoms with E-state index in [-0.39, 0.29) is 17.7 Å². The lowest BCUT2D eigenvalue weighted by molar-refractivity contribution is -0.116. The molecule has 0 unspecified atom stereocenters. The molecule has 1 heterocycles. The lowest BCUT2D eigenvalue weighted by Crippen LogP contribution is -2.32. The van der Waals surface area contributed by atoms with Crippen molar-refractivity contribution in [3.05, 3.63) is 65.4 Å². The maximum Gasteiger partial charge on any atom is 0.237 e. The smallest absolute Gasteiger partial charge is 0.237 e. The minimum atomic E-state index is 0.0292. The Morgan fingerprint density at radius 1 is 1.10 bits per heavy atom. The van der Waals surface area contributed by atoms with Crippen LogP contribution in [0.4, 0.5) is 5.69 Å². The molecule has 0 fully saturated rings. The summed E-state index contributed by atoms with van der Waals surface area (Å²) in [7, 11) is 4.00. The number of thioether (sulfide) groups is 1. The summed E-state index contributed by atoms with van der Waals surface area (Å²) in [5.41, 5.74) is 1.81. The van der Waals surface area contributed by atoms with Gasteiger partial charge in [-0.15, -0.1) is 10.2 Å². The Kier molecular flexibility index (Phi) is 7.53. The predicted octanol–water partition coefficient (Wildman–Crippen LogP) is 4.69. The van der Waals surface area contributed by atoms with Crippen LogP contribution in [-0.4, -0.2) is 52.0 Å². The molecule has 1 aromatic heterocycles. The van der Waals surface area contributed by atoms with Crippen LogP contribution >= 0.6 is 23.4 Å². The predicted molar refractivity (Wildman–Crippen MR) is 124 cm³/mol. The standard InChI is InChI=1S/C22H26ClN5OS/c1-5-27(18-9-7-6-8-10-18)20(29)15-30-22-25-24-21(16(2)26(3)4)28(22)19-13-11-17(23)12-14-19/h6-14,16H,5,15H2,1-4H3/t16-/m0/s1. The Hall–Kier alpha value is -2.35. The van der Waals surface area contributed by atoms with Crippen LogP contribution in [0.3, 0.4) is 0 Å². The van der Waals surface area contributed by atoms with Gasteiger partial charge in [0.05, 0.1) is 11.8 Å². The van der Waals surface area contributed by atoms with Gasteiger partial charge >= 0.3 is 0 Å². The van der Waals surface area contributed by atoms with Crippen molar-refractivity contribution in [3.63, 3.8) is 0 Å².